The molecule has 0 aromatic carbocycles. The Morgan fingerprint density at radius 2 is 2.28 bits per heavy atom. The second-order valence-corrected chi connectivity index (χ2v) is 4.40. The molecule has 1 unspecified atom stereocenters. The summed E-state index contributed by atoms with van der Waals surface area (Å²) < 4.78 is 5.23. The van der Waals surface area contributed by atoms with E-state index in [0.717, 1.165) is 30.4 Å². The molecule has 0 fully saturated rings. The van der Waals surface area contributed by atoms with Crippen molar-refractivity contribution in [3.8, 4) is 11.4 Å². The van der Waals surface area contributed by atoms with Gasteiger partial charge in [0.05, 0.1) is 6.04 Å². The Morgan fingerprint density at radius 3 is 3.00 bits per heavy atom. The Balaban J connectivity index is 2.18. The maximum atomic E-state index is 6.00. The van der Waals surface area contributed by atoms with E-state index in [0.29, 0.717) is 11.7 Å². The number of rotatable bonds is 5. The molecule has 5 heteroatoms. The van der Waals surface area contributed by atoms with Crippen molar-refractivity contribution in [2.24, 2.45) is 5.73 Å². The van der Waals surface area contributed by atoms with E-state index >= 15 is 0 Å². The standard InChI is InChI=1S/C13H18N4O/c1-3-4-5-11(14)13-16-12(17-18-13)10-6-7-15-8-9(10)2/h6-8,11H,3-5,14H2,1-2H3. The van der Waals surface area contributed by atoms with E-state index in [-0.39, 0.29) is 6.04 Å². The molecule has 0 aliphatic rings. The van der Waals surface area contributed by atoms with Crippen LogP contribution < -0.4 is 5.73 Å². The van der Waals surface area contributed by atoms with Gasteiger partial charge in [-0.15, -0.1) is 0 Å². The number of aromatic nitrogens is 3. The molecule has 0 spiro atoms. The summed E-state index contributed by atoms with van der Waals surface area (Å²) in [7, 11) is 0. The van der Waals surface area contributed by atoms with Gasteiger partial charge < -0.3 is 10.3 Å². The zero-order valence-corrected chi connectivity index (χ0v) is 10.8. The summed E-state index contributed by atoms with van der Waals surface area (Å²) in [5.41, 5.74) is 7.96. The van der Waals surface area contributed by atoms with Gasteiger partial charge in [0.1, 0.15) is 0 Å². The summed E-state index contributed by atoms with van der Waals surface area (Å²) in [6.45, 7) is 4.10. The molecule has 2 heterocycles. The fourth-order valence-corrected chi connectivity index (χ4v) is 1.77. The van der Waals surface area contributed by atoms with Crippen LogP contribution in [0.15, 0.2) is 23.0 Å². The maximum absolute atomic E-state index is 6.00. The van der Waals surface area contributed by atoms with Crippen LogP contribution in [0.5, 0.6) is 0 Å². The molecular formula is C13H18N4O. The van der Waals surface area contributed by atoms with Crippen LogP contribution in [-0.4, -0.2) is 15.1 Å². The fraction of sp³-hybridized carbons (Fsp3) is 0.462. The van der Waals surface area contributed by atoms with Gasteiger partial charge in [0.15, 0.2) is 0 Å². The first kappa shape index (κ1) is 12.7. The number of nitrogens with two attached hydrogens (primary N) is 1. The van der Waals surface area contributed by atoms with Gasteiger partial charge in [0.25, 0.3) is 0 Å². The van der Waals surface area contributed by atoms with Crippen LogP contribution in [0, 0.1) is 6.92 Å². The molecule has 2 aromatic rings. The number of unbranched alkanes of at least 4 members (excludes halogenated alkanes) is 1. The van der Waals surface area contributed by atoms with Gasteiger partial charge in [-0.3, -0.25) is 4.98 Å². The molecule has 18 heavy (non-hydrogen) atoms. The topological polar surface area (TPSA) is 77.8 Å². The molecule has 2 N–H and O–H groups in total. The van der Waals surface area contributed by atoms with Crippen molar-refractivity contribution in [2.45, 2.75) is 39.2 Å². The third-order valence-electron chi connectivity index (χ3n) is 2.89. The molecule has 5 nitrogen and oxygen atoms in total. The molecule has 1 atom stereocenters. The lowest BCUT2D eigenvalue weighted by molar-refractivity contribution is 0.346. The van der Waals surface area contributed by atoms with Gasteiger partial charge >= 0.3 is 0 Å². The minimum absolute atomic E-state index is 0.173. The van der Waals surface area contributed by atoms with Crippen LogP contribution in [0.4, 0.5) is 0 Å². The van der Waals surface area contributed by atoms with E-state index in [9.17, 15) is 0 Å². The first-order chi connectivity index (χ1) is 8.72. The predicted molar refractivity (Wildman–Crippen MR) is 68.7 cm³/mol. The minimum Gasteiger partial charge on any atom is -0.337 e. The summed E-state index contributed by atoms with van der Waals surface area (Å²) in [4.78, 5) is 8.41. The Kier molecular flexibility index (Phi) is 4.04. The Hall–Kier alpha value is -1.75. The van der Waals surface area contributed by atoms with Gasteiger partial charge in [-0.25, -0.2) is 0 Å². The Labute approximate surface area is 106 Å². The zero-order chi connectivity index (χ0) is 13.0. The number of hydrogen-bond donors (Lipinski definition) is 1. The smallest absolute Gasteiger partial charge is 0.243 e. The van der Waals surface area contributed by atoms with E-state index in [1.807, 2.05) is 13.0 Å². The molecule has 0 aliphatic carbocycles. The van der Waals surface area contributed by atoms with Crippen molar-refractivity contribution in [3.63, 3.8) is 0 Å². The van der Waals surface area contributed by atoms with Crippen LogP contribution in [-0.2, 0) is 0 Å². The SMILES string of the molecule is CCCCC(N)c1nc(-c2ccncc2C)no1. The molecule has 0 saturated carbocycles. The molecular weight excluding hydrogens is 228 g/mol. The van der Waals surface area contributed by atoms with Crippen molar-refractivity contribution < 1.29 is 4.52 Å². The highest BCUT2D eigenvalue weighted by Gasteiger charge is 2.16. The highest BCUT2D eigenvalue weighted by molar-refractivity contribution is 5.57. The highest BCUT2D eigenvalue weighted by atomic mass is 16.5. The van der Waals surface area contributed by atoms with Crippen LogP contribution in [0.1, 0.15) is 43.7 Å². The molecule has 0 saturated heterocycles. The summed E-state index contributed by atoms with van der Waals surface area (Å²) in [5, 5.41) is 3.98. The third kappa shape index (κ3) is 2.73. The van der Waals surface area contributed by atoms with Crippen LogP contribution >= 0.6 is 0 Å². The van der Waals surface area contributed by atoms with E-state index in [4.69, 9.17) is 10.3 Å². The number of hydrogen-bond acceptors (Lipinski definition) is 5. The molecule has 2 rings (SSSR count). The highest BCUT2D eigenvalue weighted by Crippen LogP contribution is 2.22. The molecule has 0 radical (unpaired) electrons. The van der Waals surface area contributed by atoms with Crippen LogP contribution in [0.25, 0.3) is 11.4 Å². The first-order valence-electron chi connectivity index (χ1n) is 6.22. The van der Waals surface area contributed by atoms with Crippen molar-refractivity contribution in [2.75, 3.05) is 0 Å². The lowest BCUT2D eigenvalue weighted by Crippen LogP contribution is -2.10. The maximum Gasteiger partial charge on any atom is 0.243 e. The largest absolute Gasteiger partial charge is 0.337 e. The molecule has 0 bridgehead atoms. The van der Waals surface area contributed by atoms with Gasteiger partial charge in [-0.2, -0.15) is 4.98 Å². The van der Waals surface area contributed by atoms with Crippen molar-refractivity contribution in [1.29, 1.82) is 0 Å². The summed E-state index contributed by atoms with van der Waals surface area (Å²) in [5.74, 6) is 1.09. The minimum atomic E-state index is -0.173. The monoisotopic (exact) mass is 246 g/mol. The number of nitrogens with zero attached hydrogens (tertiary/aromatic N) is 3. The van der Waals surface area contributed by atoms with Gasteiger partial charge in [0, 0.05) is 18.0 Å². The van der Waals surface area contributed by atoms with E-state index in [1.165, 1.54) is 0 Å². The fourth-order valence-electron chi connectivity index (χ4n) is 1.77. The first-order valence-corrected chi connectivity index (χ1v) is 6.22. The molecule has 2 aromatic heterocycles. The predicted octanol–water partition coefficient (Wildman–Crippen LogP) is 2.63. The molecule has 0 aliphatic heterocycles. The average molecular weight is 246 g/mol. The van der Waals surface area contributed by atoms with Crippen molar-refractivity contribution in [3.05, 3.63) is 29.9 Å². The average Bonchev–Trinajstić information content (AvgIpc) is 2.86. The van der Waals surface area contributed by atoms with E-state index < -0.39 is 0 Å². The van der Waals surface area contributed by atoms with Crippen molar-refractivity contribution >= 4 is 0 Å². The summed E-state index contributed by atoms with van der Waals surface area (Å²) >= 11 is 0. The van der Waals surface area contributed by atoms with Crippen LogP contribution in [0.2, 0.25) is 0 Å². The summed E-state index contributed by atoms with van der Waals surface area (Å²) in [6, 6.07) is 1.70. The van der Waals surface area contributed by atoms with Gasteiger partial charge in [0.2, 0.25) is 11.7 Å². The van der Waals surface area contributed by atoms with Crippen LogP contribution in [0.3, 0.4) is 0 Å². The lowest BCUT2D eigenvalue weighted by Gasteiger charge is -2.03. The lowest BCUT2D eigenvalue weighted by atomic mass is 10.1. The zero-order valence-electron chi connectivity index (χ0n) is 10.8. The van der Waals surface area contributed by atoms with E-state index in [2.05, 4.69) is 22.0 Å². The van der Waals surface area contributed by atoms with Crippen molar-refractivity contribution in [1.82, 2.24) is 15.1 Å². The molecule has 0 amide bonds. The normalized spacial score (nSPS) is 12.6. The second-order valence-electron chi connectivity index (χ2n) is 4.40. The Morgan fingerprint density at radius 1 is 1.44 bits per heavy atom. The number of pyridine rings is 1. The third-order valence-corrected chi connectivity index (χ3v) is 2.89. The van der Waals surface area contributed by atoms with E-state index in [1.54, 1.807) is 12.4 Å². The Bertz CT molecular complexity index is 509. The van der Waals surface area contributed by atoms with Gasteiger partial charge in [-0.1, -0.05) is 24.9 Å². The summed E-state index contributed by atoms with van der Waals surface area (Å²) in [6.07, 6.45) is 6.54. The number of aryl methyl sites for hydroxylation is 1. The van der Waals surface area contributed by atoms with Gasteiger partial charge in [-0.05, 0) is 25.0 Å². The quantitative estimate of drug-likeness (QED) is 0.877. The second kappa shape index (κ2) is 5.73. The molecule has 96 valence electrons.